The number of carbonyl (C=O) groups excluding carboxylic acids is 1. The Morgan fingerprint density at radius 2 is 1.93 bits per heavy atom. The van der Waals surface area contributed by atoms with Crippen LogP contribution in [0.3, 0.4) is 0 Å². The molecule has 0 aliphatic heterocycles. The molecule has 0 saturated heterocycles. The zero-order valence-electron chi connectivity index (χ0n) is 17.5. The van der Waals surface area contributed by atoms with Gasteiger partial charge in [0.1, 0.15) is 5.69 Å². The van der Waals surface area contributed by atoms with Crippen LogP contribution in [0.5, 0.6) is 0 Å². The van der Waals surface area contributed by atoms with Gasteiger partial charge in [0.05, 0.1) is 11.4 Å². The third kappa shape index (κ3) is 4.89. The summed E-state index contributed by atoms with van der Waals surface area (Å²) in [6, 6.07) is 9.32. The molecule has 0 fully saturated rings. The third-order valence-electron chi connectivity index (χ3n) is 4.41. The van der Waals surface area contributed by atoms with Gasteiger partial charge in [-0.15, -0.1) is 10.2 Å². The summed E-state index contributed by atoms with van der Waals surface area (Å²) in [6.45, 7) is 9.30. The zero-order chi connectivity index (χ0) is 21.0. The van der Waals surface area contributed by atoms with Crippen molar-refractivity contribution < 1.29 is 13.9 Å². The molecule has 0 radical (unpaired) electrons. The van der Waals surface area contributed by atoms with Gasteiger partial charge >= 0.3 is 0 Å². The molecule has 2 aromatic heterocycles. The molecule has 0 bridgehead atoms. The fourth-order valence-electron chi connectivity index (χ4n) is 2.89. The fraction of sp³-hybridized carbons (Fsp3) is 0.429. The highest BCUT2D eigenvalue weighted by Gasteiger charge is 2.24. The van der Waals surface area contributed by atoms with Crippen molar-refractivity contribution in [2.24, 2.45) is 0 Å². The van der Waals surface area contributed by atoms with Crippen LogP contribution in [0.2, 0.25) is 0 Å². The average Bonchev–Trinajstić information content (AvgIpc) is 3.31. The molecule has 0 unspecified atom stereocenters. The number of aromatic nitrogens is 4. The number of nitrogens with one attached hydrogen (secondary N) is 1. The summed E-state index contributed by atoms with van der Waals surface area (Å²) in [7, 11) is 1.65. The fourth-order valence-corrected chi connectivity index (χ4v) is 2.89. The molecule has 8 heteroatoms. The predicted molar refractivity (Wildman–Crippen MR) is 109 cm³/mol. The lowest BCUT2D eigenvalue weighted by Crippen LogP contribution is -2.25. The molecule has 1 amide bonds. The lowest BCUT2D eigenvalue weighted by molar-refractivity contribution is 0.0948. The summed E-state index contributed by atoms with van der Waals surface area (Å²) >= 11 is 0. The van der Waals surface area contributed by atoms with Crippen LogP contribution in [0.15, 0.2) is 34.7 Å². The van der Waals surface area contributed by atoms with Gasteiger partial charge in [-0.25, -0.2) is 4.68 Å². The van der Waals surface area contributed by atoms with Crippen LogP contribution in [-0.4, -0.2) is 46.1 Å². The molecule has 1 N–H and O–H groups in total. The Balaban J connectivity index is 1.86. The van der Waals surface area contributed by atoms with E-state index in [-0.39, 0.29) is 11.3 Å². The number of methoxy groups -OCH3 is 1. The van der Waals surface area contributed by atoms with Crippen LogP contribution >= 0.6 is 0 Å². The second-order valence-corrected chi connectivity index (χ2v) is 7.85. The highest BCUT2D eigenvalue weighted by atomic mass is 16.5. The van der Waals surface area contributed by atoms with Gasteiger partial charge in [-0.2, -0.15) is 5.10 Å². The Kier molecular flexibility index (Phi) is 6.12. The minimum Gasteiger partial charge on any atom is -0.420 e. The first kappa shape index (κ1) is 20.7. The molecule has 3 rings (SSSR count). The van der Waals surface area contributed by atoms with Gasteiger partial charge in [-0.3, -0.25) is 4.79 Å². The van der Waals surface area contributed by atoms with Gasteiger partial charge in [0.2, 0.25) is 5.89 Å². The van der Waals surface area contributed by atoms with E-state index < -0.39 is 0 Å². The van der Waals surface area contributed by atoms with E-state index in [2.05, 4.69) is 41.4 Å². The zero-order valence-corrected chi connectivity index (χ0v) is 17.5. The lowest BCUT2D eigenvalue weighted by atomic mass is 9.91. The Labute approximate surface area is 170 Å². The number of aryl methyl sites for hydroxylation is 1. The maximum atomic E-state index is 12.3. The summed E-state index contributed by atoms with van der Waals surface area (Å²) < 4.78 is 12.4. The molecule has 1 aromatic carbocycles. The van der Waals surface area contributed by atoms with Gasteiger partial charge in [0.15, 0.2) is 0 Å². The first-order valence-corrected chi connectivity index (χ1v) is 9.58. The van der Waals surface area contributed by atoms with Crippen molar-refractivity contribution in [3.63, 3.8) is 0 Å². The molecule has 2 heterocycles. The topological polar surface area (TPSA) is 95.1 Å². The number of carbonyl (C=O) groups is 1. The van der Waals surface area contributed by atoms with Crippen molar-refractivity contribution in [1.82, 2.24) is 25.3 Å². The largest absolute Gasteiger partial charge is 0.420 e. The quantitative estimate of drug-likeness (QED) is 0.615. The van der Waals surface area contributed by atoms with Gasteiger partial charge in [-0.05, 0) is 36.8 Å². The second-order valence-electron chi connectivity index (χ2n) is 7.85. The summed E-state index contributed by atoms with van der Waals surface area (Å²) in [5.74, 6) is 0.776. The highest BCUT2D eigenvalue weighted by Crippen LogP contribution is 2.29. The number of hydrogen-bond donors (Lipinski definition) is 1. The number of ether oxygens (including phenoxy) is 1. The molecular formula is C21H27N5O3. The van der Waals surface area contributed by atoms with E-state index in [1.54, 1.807) is 26.2 Å². The highest BCUT2D eigenvalue weighted by molar-refractivity contribution is 5.94. The molecule has 8 nitrogen and oxygen atoms in total. The average molecular weight is 397 g/mol. The van der Waals surface area contributed by atoms with Crippen LogP contribution in [0, 0.1) is 6.92 Å². The van der Waals surface area contributed by atoms with E-state index in [0.29, 0.717) is 36.2 Å². The second kappa shape index (κ2) is 8.57. The summed E-state index contributed by atoms with van der Waals surface area (Å²) in [5, 5.41) is 15.5. The molecule has 0 spiro atoms. The van der Waals surface area contributed by atoms with Crippen molar-refractivity contribution in [3.8, 4) is 17.3 Å². The summed E-state index contributed by atoms with van der Waals surface area (Å²) in [5.41, 5.74) is 2.92. The smallest absolute Gasteiger partial charge is 0.268 e. The van der Waals surface area contributed by atoms with Gasteiger partial charge in [0.25, 0.3) is 11.8 Å². The normalized spacial score (nSPS) is 11.6. The molecule has 0 saturated carbocycles. The number of amides is 1. The minimum atomic E-state index is -0.155. The maximum absolute atomic E-state index is 12.3. The standard InChI is InChI=1S/C21H27N5O3/c1-14-23-24-20(29-14)17-13-18(21(2,3)4)26(25-17)16-9-7-15(8-10-16)19(27)22-11-6-12-28-5/h7-10,13H,6,11-12H2,1-5H3,(H,22,27). The summed E-state index contributed by atoms with van der Waals surface area (Å²) in [6.07, 6.45) is 0.778. The molecule has 3 aromatic rings. The monoisotopic (exact) mass is 397 g/mol. The van der Waals surface area contributed by atoms with Crippen LogP contribution < -0.4 is 5.32 Å². The van der Waals surface area contributed by atoms with Crippen molar-refractivity contribution in [1.29, 1.82) is 0 Å². The van der Waals surface area contributed by atoms with Crippen LogP contribution in [0.25, 0.3) is 17.3 Å². The Hall–Kier alpha value is -3.00. The molecule has 29 heavy (non-hydrogen) atoms. The number of rotatable bonds is 7. The van der Waals surface area contributed by atoms with E-state index in [1.807, 2.05) is 22.9 Å². The molecule has 0 atom stereocenters. The number of benzene rings is 1. The van der Waals surface area contributed by atoms with Crippen molar-refractivity contribution in [2.75, 3.05) is 20.3 Å². The predicted octanol–water partition coefficient (Wildman–Crippen LogP) is 3.29. The SMILES string of the molecule is COCCCNC(=O)c1ccc(-n2nc(-c3nnc(C)o3)cc2C(C)(C)C)cc1. The number of nitrogens with zero attached hydrogens (tertiary/aromatic N) is 4. The molecule has 0 aliphatic carbocycles. The Morgan fingerprint density at radius 1 is 1.21 bits per heavy atom. The van der Waals surface area contributed by atoms with E-state index >= 15 is 0 Å². The van der Waals surface area contributed by atoms with Crippen LogP contribution in [0.1, 0.15) is 49.1 Å². The first-order chi connectivity index (χ1) is 13.8. The summed E-state index contributed by atoms with van der Waals surface area (Å²) in [4.78, 5) is 12.3. The van der Waals surface area contributed by atoms with Crippen molar-refractivity contribution in [3.05, 3.63) is 47.5 Å². The van der Waals surface area contributed by atoms with Gasteiger partial charge < -0.3 is 14.5 Å². The van der Waals surface area contributed by atoms with Gasteiger partial charge in [0, 0.05) is 38.2 Å². The third-order valence-corrected chi connectivity index (χ3v) is 4.41. The first-order valence-electron chi connectivity index (χ1n) is 9.58. The molecule has 154 valence electrons. The van der Waals surface area contributed by atoms with Gasteiger partial charge in [-0.1, -0.05) is 20.8 Å². The lowest BCUT2D eigenvalue weighted by Gasteiger charge is -2.20. The van der Waals surface area contributed by atoms with Crippen LogP contribution in [-0.2, 0) is 10.2 Å². The van der Waals surface area contributed by atoms with Crippen molar-refractivity contribution >= 4 is 5.91 Å². The van der Waals surface area contributed by atoms with Crippen LogP contribution in [0.4, 0.5) is 0 Å². The van der Waals surface area contributed by atoms with E-state index in [1.165, 1.54) is 0 Å². The Bertz CT molecular complexity index is 967. The van der Waals surface area contributed by atoms with E-state index in [4.69, 9.17) is 9.15 Å². The number of hydrogen-bond acceptors (Lipinski definition) is 6. The molecular weight excluding hydrogens is 370 g/mol. The van der Waals surface area contributed by atoms with Crippen molar-refractivity contribution in [2.45, 2.75) is 39.5 Å². The Morgan fingerprint density at radius 3 is 2.52 bits per heavy atom. The minimum absolute atomic E-state index is 0.105. The van der Waals surface area contributed by atoms with E-state index in [9.17, 15) is 4.79 Å². The van der Waals surface area contributed by atoms with E-state index in [0.717, 1.165) is 17.8 Å². The maximum Gasteiger partial charge on any atom is 0.268 e. The molecule has 0 aliphatic rings.